The van der Waals surface area contributed by atoms with Crippen LogP contribution in [0.4, 0.5) is 0 Å². The molecular formula is C26H32N2O2. The molecule has 4 nitrogen and oxygen atoms in total. The molecule has 3 aromatic rings. The molecule has 0 amide bonds. The highest BCUT2D eigenvalue weighted by Crippen LogP contribution is 2.45. The van der Waals surface area contributed by atoms with Crippen LogP contribution in [0.3, 0.4) is 0 Å². The minimum Gasteiger partial charge on any atom is -0.339 e. The van der Waals surface area contributed by atoms with Crippen molar-refractivity contribution in [3.63, 3.8) is 0 Å². The number of hydrogen-bond donors (Lipinski definition) is 0. The highest BCUT2D eigenvalue weighted by molar-refractivity contribution is 5.93. The fourth-order valence-electron chi connectivity index (χ4n) is 5.50. The van der Waals surface area contributed by atoms with Gasteiger partial charge in [-0.2, -0.15) is 0 Å². The van der Waals surface area contributed by atoms with Gasteiger partial charge in [-0.3, -0.25) is 0 Å². The van der Waals surface area contributed by atoms with E-state index < -0.39 is 0 Å². The van der Waals surface area contributed by atoms with Crippen molar-refractivity contribution in [2.24, 2.45) is 0 Å². The molecule has 1 fully saturated rings. The summed E-state index contributed by atoms with van der Waals surface area (Å²) in [4.78, 5) is 12.5. The first-order valence-corrected chi connectivity index (χ1v) is 11.3. The number of hydrogen-bond acceptors (Lipinski definition) is 3. The SMILES string of the molecule is COOCc1ccc2c(C3CCCCC3)c3n(c2c1)CCN(C)Cc1ccccc1-3. The summed E-state index contributed by atoms with van der Waals surface area (Å²) < 4.78 is 2.59. The molecule has 0 radical (unpaired) electrons. The van der Waals surface area contributed by atoms with Gasteiger partial charge in [0.15, 0.2) is 0 Å². The molecule has 2 aromatic carbocycles. The molecule has 0 spiro atoms. The molecule has 1 aliphatic carbocycles. The van der Waals surface area contributed by atoms with E-state index in [1.54, 1.807) is 12.7 Å². The zero-order valence-corrected chi connectivity index (χ0v) is 18.2. The van der Waals surface area contributed by atoms with E-state index >= 15 is 0 Å². The number of nitrogens with zero attached hydrogens (tertiary/aromatic N) is 2. The third kappa shape index (κ3) is 3.58. The van der Waals surface area contributed by atoms with Crippen LogP contribution in [0.1, 0.15) is 54.7 Å². The zero-order valence-electron chi connectivity index (χ0n) is 18.2. The van der Waals surface area contributed by atoms with Crippen LogP contribution in [0.2, 0.25) is 0 Å². The van der Waals surface area contributed by atoms with Gasteiger partial charge in [0.05, 0.1) is 12.8 Å². The number of likely N-dealkylation sites (N-methyl/N-ethyl adjacent to an activating group) is 1. The van der Waals surface area contributed by atoms with Crippen LogP contribution in [-0.2, 0) is 29.5 Å². The summed E-state index contributed by atoms with van der Waals surface area (Å²) in [6, 6.07) is 15.9. The maximum absolute atomic E-state index is 5.24. The van der Waals surface area contributed by atoms with Crippen LogP contribution < -0.4 is 0 Å². The molecule has 30 heavy (non-hydrogen) atoms. The topological polar surface area (TPSA) is 26.6 Å². The van der Waals surface area contributed by atoms with Crippen molar-refractivity contribution in [2.75, 3.05) is 20.7 Å². The average Bonchev–Trinajstić information content (AvgIpc) is 3.09. The Morgan fingerprint density at radius 1 is 1.00 bits per heavy atom. The van der Waals surface area contributed by atoms with Crippen LogP contribution in [0.5, 0.6) is 0 Å². The van der Waals surface area contributed by atoms with E-state index in [4.69, 9.17) is 9.78 Å². The summed E-state index contributed by atoms with van der Waals surface area (Å²) in [7, 11) is 3.80. The van der Waals surface area contributed by atoms with Crippen molar-refractivity contribution < 1.29 is 9.78 Å². The van der Waals surface area contributed by atoms with Gasteiger partial charge in [-0.25, -0.2) is 9.78 Å². The molecule has 0 unspecified atom stereocenters. The number of aromatic nitrogens is 1. The maximum atomic E-state index is 5.24. The van der Waals surface area contributed by atoms with Crippen molar-refractivity contribution >= 4 is 10.9 Å². The quantitative estimate of drug-likeness (QED) is 0.401. The molecule has 2 aliphatic rings. The van der Waals surface area contributed by atoms with Gasteiger partial charge in [-0.1, -0.05) is 55.7 Å². The van der Waals surface area contributed by atoms with Gasteiger partial charge in [-0.05, 0) is 48.6 Å². The average molecular weight is 405 g/mol. The lowest BCUT2D eigenvalue weighted by Gasteiger charge is -2.27. The molecule has 2 heterocycles. The second-order valence-corrected chi connectivity index (χ2v) is 8.92. The smallest absolute Gasteiger partial charge is 0.107 e. The number of benzene rings is 2. The van der Waals surface area contributed by atoms with E-state index in [9.17, 15) is 0 Å². The molecule has 0 bridgehead atoms. The summed E-state index contributed by atoms with van der Waals surface area (Å²) >= 11 is 0. The monoisotopic (exact) mass is 404 g/mol. The zero-order chi connectivity index (χ0) is 20.5. The van der Waals surface area contributed by atoms with Crippen LogP contribution in [0.15, 0.2) is 42.5 Å². The molecule has 4 heteroatoms. The summed E-state index contributed by atoms with van der Waals surface area (Å²) in [5.74, 6) is 0.656. The van der Waals surface area contributed by atoms with Gasteiger partial charge in [0, 0.05) is 36.1 Å². The maximum Gasteiger partial charge on any atom is 0.107 e. The molecule has 1 aromatic heterocycles. The fraction of sp³-hybridized carbons (Fsp3) is 0.462. The van der Waals surface area contributed by atoms with Crippen LogP contribution >= 0.6 is 0 Å². The van der Waals surface area contributed by atoms with E-state index in [1.165, 1.54) is 59.8 Å². The van der Waals surface area contributed by atoms with Crippen molar-refractivity contribution in [3.05, 3.63) is 59.2 Å². The Hall–Kier alpha value is -2.14. The molecule has 0 saturated heterocycles. The summed E-state index contributed by atoms with van der Waals surface area (Å²) in [6.45, 7) is 3.54. The lowest BCUT2D eigenvalue weighted by Crippen LogP contribution is -2.25. The van der Waals surface area contributed by atoms with Gasteiger partial charge in [-0.15, -0.1) is 0 Å². The van der Waals surface area contributed by atoms with Gasteiger partial charge in [0.25, 0.3) is 0 Å². The molecule has 158 valence electrons. The minimum atomic E-state index is 0.474. The molecular weight excluding hydrogens is 372 g/mol. The van der Waals surface area contributed by atoms with Gasteiger partial charge < -0.3 is 9.47 Å². The number of fused-ring (bicyclic) bond motifs is 5. The Kier molecular flexibility index (Phi) is 5.64. The lowest BCUT2D eigenvalue weighted by atomic mass is 9.81. The fourth-order valence-corrected chi connectivity index (χ4v) is 5.50. The van der Waals surface area contributed by atoms with Crippen LogP contribution in [0, 0.1) is 0 Å². The predicted molar refractivity (Wildman–Crippen MR) is 121 cm³/mol. The summed E-state index contributed by atoms with van der Waals surface area (Å²) in [5, 5.41) is 1.43. The normalized spacial score (nSPS) is 18.1. The van der Waals surface area contributed by atoms with Gasteiger partial charge in [0.2, 0.25) is 0 Å². The third-order valence-corrected chi connectivity index (χ3v) is 6.94. The van der Waals surface area contributed by atoms with Crippen molar-refractivity contribution in [3.8, 4) is 11.3 Å². The number of rotatable bonds is 4. The Balaban J connectivity index is 1.76. The predicted octanol–water partition coefficient (Wildman–Crippen LogP) is 5.88. The first kappa shape index (κ1) is 19.8. The Bertz CT molecular complexity index is 1030. The van der Waals surface area contributed by atoms with E-state index in [-0.39, 0.29) is 0 Å². The van der Waals surface area contributed by atoms with Crippen molar-refractivity contribution in [1.29, 1.82) is 0 Å². The minimum absolute atomic E-state index is 0.474. The van der Waals surface area contributed by atoms with Gasteiger partial charge in [0.1, 0.15) is 6.61 Å². The second kappa shape index (κ2) is 8.54. The van der Waals surface area contributed by atoms with E-state index in [2.05, 4.69) is 59.0 Å². The third-order valence-electron chi connectivity index (χ3n) is 6.94. The largest absolute Gasteiger partial charge is 0.339 e. The Morgan fingerprint density at radius 2 is 1.83 bits per heavy atom. The molecule has 1 saturated carbocycles. The Labute approximate surface area is 179 Å². The summed E-state index contributed by atoms with van der Waals surface area (Å²) in [5.41, 5.74) is 8.39. The van der Waals surface area contributed by atoms with Crippen LogP contribution in [0.25, 0.3) is 22.2 Å². The lowest BCUT2D eigenvalue weighted by molar-refractivity contribution is -0.282. The highest BCUT2D eigenvalue weighted by Gasteiger charge is 2.28. The summed E-state index contributed by atoms with van der Waals surface area (Å²) in [6.07, 6.45) is 6.69. The molecule has 5 rings (SSSR count). The first-order valence-electron chi connectivity index (χ1n) is 11.3. The highest BCUT2D eigenvalue weighted by atomic mass is 17.2. The molecule has 0 N–H and O–H groups in total. The standard InChI is InChI=1S/C26H32N2O2/c1-27-14-15-28-24-16-19(18-30-29-2)12-13-23(24)25(20-8-4-3-5-9-20)26(28)22-11-7-6-10-21(22)17-27/h6-7,10-13,16,20H,3-5,8-9,14-15,17-18H2,1-2H3. The van der Waals surface area contributed by atoms with Crippen molar-refractivity contribution in [2.45, 2.75) is 57.7 Å². The van der Waals surface area contributed by atoms with Gasteiger partial charge >= 0.3 is 0 Å². The Morgan fingerprint density at radius 3 is 2.67 bits per heavy atom. The van der Waals surface area contributed by atoms with E-state index in [0.717, 1.165) is 25.2 Å². The van der Waals surface area contributed by atoms with Crippen LogP contribution in [-0.4, -0.2) is 30.2 Å². The second-order valence-electron chi connectivity index (χ2n) is 8.92. The van der Waals surface area contributed by atoms with Crippen molar-refractivity contribution in [1.82, 2.24) is 9.47 Å². The van der Waals surface area contributed by atoms with E-state index in [1.807, 2.05) is 0 Å². The molecule has 0 atom stereocenters. The first-order chi connectivity index (χ1) is 14.8. The molecule has 1 aliphatic heterocycles. The van der Waals surface area contributed by atoms with E-state index in [0.29, 0.717) is 12.5 Å².